The number of aliphatic hydroxyl groups is 5. The summed E-state index contributed by atoms with van der Waals surface area (Å²) in [5.41, 5.74) is 2.88. The Bertz CT molecular complexity index is 1090. The minimum absolute atomic E-state index is 0.00774. The summed E-state index contributed by atoms with van der Waals surface area (Å²) >= 11 is 1.24. The first kappa shape index (κ1) is 32.8. The Morgan fingerprint density at radius 2 is 1.97 bits per heavy atom. The summed E-state index contributed by atoms with van der Waals surface area (Å²) in [6.07, 6.45) is 7.21. The minimum Gasteiger partial charge on any atom is -0.456 e. The Hall–Kier alpha value is -2.40. The van der Waals surface area contributed by atoms with Gasteiger partial charge in [-0.15, -0.1) is 11.3 Å². The van der Waals surface area contributed by atoms with Gasteiger partial charge in [-0.05, 0) is 46.1 Å². The molecule has 39 heavy (non-hydrogen) atoms. The Kier molecular flexibility index (Phi) is 13.5. The van der Waals surface area contributed by atoms with Gasteiger partial charge in [0, 0.05) is 23.8 Å². The Labute approximate surface area is 235 Å². The maximum Gasteiger partial charge on any atom is 0.334 e. The standard InChI is InChI=1S/C30H43NO7S/c1-6-18(2)12-19(3)13-20(4)27(35)28(36)26-11-9-7-8-10-23(33)15-25(34)24(16-32)29-31-22(17-39-29)14-21(5)30(37)38-26/h6-10,12,14,17,20,23-28,32-36H,11,13,15-16H2,1-5H3/t20-,23-,24+,25-,26+,27-,28+/m0/s1. The van der Waals surface area contributed by atoms with Crippen LogP contribution in [0, 0.1) is 5.92 Å². The van der Waals surface area contributed by atoms with E-state index in [2.05, 4.69) is 4.98 Å². The van der Waals surface area contributed by atoms with Gasteiger partial charge in [0.1, 0.15) is 17.2 Å². The van der Waals surface area contributed by atoms with E-state index in [1.54, 1.807) is 30.5 Å². The van der Waals surface area contributed by atoms with Crippen LogP contribution in [-0.4, -0.2) is 73.6 Å². The van der Waals surface area contributed by atoms with E-state index in [1.807, 2.05) is 39.8 Å². The third-order valence-corrected chi connectivity index (χ3v) is 7.78. The molecule has 0 aliphatic carbocycles. The van der Waals surface area contributed by atoms with E-state index in [0.717, 1.165) is 11.1 Å². The number of hydrogen-bond donors (Lipinski definition) is 5. The van der Waals surface area contributed by atoms with Crippen LogP contribution in [-0.2, 0) is 9.53 Å². The normalized spacial score (nSPS) is 26.4. The molecule has 7 atom stereocenters. The van der Waals surface area contributed by atoms with E-state index >= 15 is 0 Å². The third kappa shape index (κ3) is 10.3. The summed E-state index contributed by atoms with van der Waals surface area (Å²) in [5, 5.41) is 54.9. The number of nitrogens with zero attached hydrogens (tertiary/aromatic N) is 1. The lowest BCUT2D eigenvalue weighted by molar-refractivity contribution is -0.156. The topological polar surface area (TPSA) is 140 Å². The summed E-state index contributed by atoms with van der Waals surface area (Å²) in [7, 11) is 0. The van der Waals surface area contributed by atoms with Crippen LogP contribution in [0.3, 0.4) is 0 Å². The average Bonchev–Trinajstić information content (AvgIpc) is 3.34. The second kappa shape index (κ2) is 16.0. The van der Waals surface area contributed by atoms with Crippen LogP contribution in [0.5, 0.6) is 0 Å². The number of esters is 1. The van der Waals surface area contributed by atoms with Crippen molar-refractivity contribution in [2.24, 2.45) is 5.92 Å². The lowest BCUT2D eigenvalue weighted by Crippen LogP contribution is -2.43. The van der Waals surface area contributed by atoms with Crippen molar-refractivity contribution in [3.8, 4) is 0 Å². The highest BCUT2D eigenvalue weighted by Crippen LogP contribution is 2.27. The van der Waals surface area contributed by atoms with Crippen LogP contribution >= 0.6 is 11.3 Å². The van der Waals surface area contributed by atoms with Crippen molar-refractivity contribution in [1.29, 1.82) is 0 Å². The first-order valence-electron chi connectivity index (χ1n) is 13.3. The van der Waals surface area contributed by atoms with Crippen molar-refractivity contribution in [2.75, 3.05) is 6.61 Å². The molecule has 8 nitrogen and oxygen atoms in total. The summed E-state index contributed by atoms with van der Waals surface area (Å²) in [5.74, 6) is -1.63. The Morgan fingerprint density at radius 1 is 1.26 bits per heavy atom. The maximum atomic E-state index is 13.0. The molecule has 0 radical (unpaired) electrons. The zero-order valence-corrected chi connectivity index (χ0v) is 24.2. The Balaban J connectivity index is 2.32. The van der Waals surface area contributed by atoms with Gasteiger partial charge in [0.05, 0.1) is 36.5 Å². The van der Waals surface area contributed by atoms with Crippen molar-refractivity contribution in [3.05, 3.63) is 69.3 Å². The second-order valence-corrected chi connectivity index (χ2v) is 11.2. The highest BCUT2D eigenvalue weighted by molar-refractivity contribution is 7.09. The van der Waals surface area contributed by atoms with Gasteiger partial charge in [-0.25, -0.2) is 9.78 Å². The van der Waals surface area contributed by atoms with Crippen LogP contribution in [0.25, 0.3) is 6.08 Å². The zero-order chi connectivity index (χ0) is 29.1. The number of thiazole rings is 1. The number of carbonyl (C=O) groups is 1. The van der Waals surface area contributed by atoms with Crippen molar-refractivity contribution in [1.82, 2.24) is 4.98 Å². The van der Waals surface area contributed by atoms with Gasteiger partial charge in [0.25, 0.3) is 0 Å². The molecule has 216 valence electrons. The van der Waals surface area contributed by atoms with E-state index in [9.17, 15) is 30.3 Å². The van der Waals surface area contributed by atoms with Gasteiger partial charge in [0.2, 0.25) is 0 Å². The first-order chi connectivity index (χ1) is 18.5. The molecule has 0 saturated heterocycles. The molecule has 0 aromatic carbocycles. The summed E-state index contributed by atoms with van der Waals surface area (Å²) in [6.45, 7) is 8.99. The van der Waals surface area contributed by atoms with Gasteiger partial charge in [-0.2, -0.15) is 0 Å². The number of rotatable bonds is 7. The van der Waals surface area contributed by atoms with E-state index in [0.29, 0.717) is 17.1 Å². The van der Waals surface area contributed by atoms with Crippen molar-refractivity contribution < 1.29 is 35.1 Å². The molecule has 9 heteroatoms. The van der Waals surface area contributed by atoms with Crippen molar-refractivity contribution >= 4 is 23.4 Å². The van der Waals surface area contributed by atoms with Gasteiger partial charge in [-0.3, -0.25) is 0 Å². The SMILES string of the molecule is CC=C(C)C=C(C)C[C@H](C)[C@H](O)[C@H](O)[C@H]1CC=CC=C[C@H](O)C[C@H](O)[C@@H](CO)c2nc(cs2)C=C(C)C(=O)O1. The summed E-state index contributed by atoms with van der Waals surface area (Å²) in [6, 6.07) is 0. The number of aromatic nitrogens is 1. The highest BCUT2D eigenvalue weighted by Gasteiger charge is 2.32. The van der Waals surface area contributed by atoms with Crippen LogP contribution in [0.1, 0.15) is 70.5 Å². The summed E-state index contributed by atoms with van der Waals surface area (Å²) in [4.78, 5) is 17.4. The molecule has 1 aromatic rings. The smallest absolute Gasteiger partial charge is 0.334 e. The van der Waals surface area contributed by atoms with Crippen LogP contribution < -0.4 is 0 Å². The van der Waals surface area contributed by atoms with Crippen molar-refractivity contribution in [2.45, 2.75) is 90.3 Å². The average molecular weight is 562 g/mol. The van der Waals surface area contributed by atoms with Crippen LogP contribution in [0.4, 0.5) is 0 Å². The molecular formula is C30H43NO7S. The lowest BCUT2D eigenvalue weighted by atomic mass is 9.89. The molecule has 1 aromatic heterocycles. The molecule has 1 aliphatic rings. The molecule has 1 aliphatic heterocycles. The number of ether oxygens (including phenoxy) is 1. The fourth-order valence-electron chi connectivity index (χ4n) is 4.36. The van der Waals surface area contributed by atoms with Crippen LogP contribution in [0.15, 0.2) is 58.6 Å². The minimum atomic E-state index is -1.33. The maximum absolute atomic E-state index is 13.0. The molecule has 5 N–H and O–H groups in total. The molecule has 2 heterocycles. The van der Waals surface area contributed by atoms with Gasteiger partial charge < -0.3 is 30.3 Å². The Morgan fingerprint density at radius 3 is 2.64 bits per heavy atom. The van der Waals surface area contributed by atoms with E-state index in [-0.39, 0.29) is 30.9 Å². The fraction of sp³-hybridized carbons (Fsp3) is 0.533. The fourth-order valence-corrected chi connectivity index (χ4v) is 5.29. The predicted molar refractivity (Wildman–Crippen MR) is 154 cm³/mol. The molecule has 0 saturated carbocycles. The number of hydrogen-bond acceptors (Lipinski definition) is 9. The number of allylic oxidation sites excluding steroid dienone is 6. The quantitative estimate of drug-likeness (QED) is 0.250. The lowest BCUT2D eigenvalue weighted by Gasteiger charge is -2.30. The molecule has 2 rings (SSSR count). The van der Waals surface area contributed by atoms with E-state index in [4.69, 9.17) is 4.74 Å². The number of cyclic esters (lactones) is 1. The van der Waals surface area contributed by atoms with E-state index < -0.39 is 42.4 Å². The number of aliphatic hydroxyl groups excluding tert-OH is 5. The predicted octanol–water partition coefficient (Wildman–Crippen LogP) is 3.82. The largest absolute Gasteiger partial charge is 0.456 e. The molecule has 0 unspecified atom stereocenters. The van der Waals surface area contributed by atoms with Gasteiger partial charge >= 0.3 is 5.97 Å². The monoisotopic (exact) mass is 561 g/mol. The second-order valence-electron chi connectivity index (χ2n) is 10.3. The number of fused-ring (bicyclic) bond motifs is 2. The number of carbonyl (C=O) groups excluding carboxylic acids is 1. The van der Waals surface area contributed by atoms with E-state index in [1.165, 1.54) is 23.5 Å². The molecule has 0 amide bonds. The molecular weight excluding hydrogens is 518 g/mol. The summed E-state index contributed by atoms with van der Waals surface area (Å²) < 4.78 is 5.67. The molecule has 2 bridgehead atoms. The van der Waals surface area contributed by atoms with Gasteiger partial charge in [-0.1, -0.05) is 54.5 Å². The zero-order valence-electron chi connectivity index (χ0n) is 23.4. The highest BCUT2D eigenvalue weighted by atomic mass is 32.1. The first-order valence-corrected chi connectivity index (χ1v) is 14.2. The molecule has 0 spiro atoms. The van der Waals surface area contributed by atoms with Crippen LogP contribution in [0.2, 0.25) is 0 Å². The van der Waals surface area contributed by atoms with Gasteiger partial charge in [0.15, 0.2) is 0 Å². The third-order valence-electron chi connectivity index (χ3n) is 6.78. The molecule has 0 fully saturated rings. The van der Waals surface area contributed by atoms with Crippen molar-refractivity contribution in [3.63, 3.8) is 0 Å².